The Kier molecular flexibility index (Phi) is 19.2. The highest BCUT2D eigenvalue weighted by Crippen LogP contribution is 2.14. The molecule has 0 aliphatic heterocycles. The number of halogens is 2. The molecule has 1 nitrogen and oxygen atoms in total. The molecule has 0 spiro atoms. The minimum absolute atomic E-state index is 0. The number of unbranched alkanes of at least 4 members (excludes halogenated alkanes) is 10. The van der Waals surface area contributed by atoms with E-state index in [1.807, 2.05) is 0 Å². The minimum atomic E-state index is 0. The monoisotopic (exact) mass is 339 g/mol. The van der Waals surface area contributed by atoms with Crippen molar-refractivity contribution in [2.45, 2.75) is 90.9 Å². The van der Waals surface area contributed by atoms with E-state index in [9.17, 15) is 0 Å². The predicted octanol–water partition coefficient (Wildman–Crippen LogP) is 3.35. The van der Waals surface area contributed by atoms with Crippen LogP contribution in [-0.2, 0) is 0 Å². The molecule has 0 aromatic heterocycles. The third-order valence-corrected chi connectivity index (χ3v) is 4.97. The summed E-state index contributed by atoms with van der Waals surface area (Å²) in [6, 6.07) is 0.782. The summed E-state index contributed by atoms with van der Waals surface area (Å²) in [6.07, 6.45) is 16.6. The van der Waals surface area contributed by atoms with Gasteiger partial charge in [0, 0.05) is 0 Å². The molecule has 0 heterocycles. The smallest absolute Gasteiger partial charge is 0.154 e. The molecular weight excluding hydrogens is 301 g/mol. The molecule has 130 valence electrons. The summed E-state index contributed by atoms with van der Waals surface area (Å²) in [7, 11) is 2.34. The lowest BCUT2D eigenvalue weighted by atomic mass is 10.1. The Balaban J connectivity index is 0. The lowest BCUT2D eigenvalue weighted by Gasteiger charge is -2.32. The molecular formula is C18H39Cl2N. The SMILES string of the molecule is CCCCCCCC[N+](C)(CCl)CCCCCCCC.[Cl-]. The normalized spacial score (nSPS) is 11.4. The van der Waals surface area contributed by atoms with Crippen LogP contribution in [0.15, 0.2) is 0 Å². The first-order valence-electron chi connectivity index (χ1n) is 9.08. The number of quaternary nitrogens is 1. The standard InChI is InChI=1S/C18H39ClN.ClH/c1-4-6-8-10-12-14-16-20(3,18-19)17-15-13-11-9-7-5-2;/h4-18H2,1-3H3;1H/q+1;/p-1. The fourth-order valence-electron chi connectivity index (χ4n) is 2.78. The second kappa shape index (κ2) is 16.9. The van der Waals surface area contributed by atoms with Crippen molar-refractivity contribution in [2.24, 2.45) is 0 Å². The van der Waals surface area contributed by atoms with Gasteiger partial charge in [0.25, 0.3) is 0 Å². The van der Waals surface area contributed by atoms with Gasteiger partial charge in [-0.3, -0.25) is 0 Å². The van der Waals surface area contributed by atoms with Gasteiger partial charge in [0.1, 0.15) is 0 Å². The zero-order valence-electron chi connectivity index (χ0n) is 14.8. The fourth-order valence-corrected chi connectivity index (χ4v) is 3.02. The van der Waals surface area contributed by atoms with E-state index in [2.05, 4.69) is 20.9 Å². The molecule has 0 bridgehead atoms. The maximum atomic E-state index is 6.21. The van der Waals surface area contributed by atoms with Crippen LogP contribution >= 0.6 is 11.6 Å². The summed E-state index contributed by atoms with van der Waals surface area (Å²) in [5.41, 5.74) is 0. The maximum Gasteiger partial charge on any atom is 0.154 e. The third-order valence-electron chi connectivity index (χ3n) is 4.39. The van der Waals surface area contributed by atoms with Crippen molar-refractivity contribution in [1.82, 2.24) is 0 Å². The third kappa shape index (κ3) is 15.2. The second-order valence-electron chi connectivity index (χ2n) is 6.72. The Morgan fingerprint density at radius 1 is 0.619 bits per heavy atom. The average Bonchev–Trinajstić information content (AvgIpc) is 2.46. The van der Waals surface area contributed by atoms with Crippen molar-refractivity contribution in [3.8, 4) is 0 Å². The predicted molar refractivity (Wildman–Crippen MR) is 93.4 cm³/mol. The van der Waals surface area contributed by atoms with Gasteiger partial charge in [0.05, 0.1) is 20.1 Å². The summed E-state index contributed by atoms with van der Waals surface area (Å²) < 4.78 is 1.07. The zero-order chi connectivity index (χ0) is 15.1. The molecule has 21 heavy (non-hydrogen) atoms. The molecule has 3 heteroatoms. The summed E-state index contributed by atoms with van der Waals surface area (Å²) in [5.74, 6) is 0. The van der Waals surface area contributed by atoms with Crippen LogP contribution in [0.2, 0.25) is 0 Å². The first-order chi connectivity index (χ1) is 9.68. The summed E-state index contributed by atoms with van der Waals surface area (Å²) in [5, 5.41) is 0. The van der Waals surface area contributed by atoms with Crippen LogP contribution in [0.1, 0.15) is 90.9 Å². The summed E-state index contributed by atoms with van der Waals surface area (Å²) in [4.78, 5) is 0. The van der Waals surface area contributed by atoms with Crippen LogP contribution in [0, 0.1) is 0 Å². The number of nitrogens with zero attached hydrogens (tertiary/aromatic N) is 1. The van der Waals surface area contributed by atoms with E-state index >= 15 is 0 Å². The van der Waals surface area contributed by atoms with Crippen molar-refractivity contribution in [2.75, 3.05) is 26.1 Å². The highest BCUT2D eigenvalue weighted by molar-refractivity contribution is 6.16. The first kappa shape index (κ1) is 23.8. The van der Waals surface area contributed by atoms with Gasteiger partial charge in [-0.15, -0.1) is 0 Å². The molecule has 0 atom stereocenters. The van der Waals surface area contributed by atoms with Crippen molar-refractivity contribution in [3.63, 3.8) is 0 Å². The Bertz CT molecular complexity index is 182. The largest absolute Gasteiger partial charge is 1.00 e. The Morgan fingerprint density at radius 3 is 1.29 bits per heavy atom. The highest BCUT2D eigenvalue weighted by Gasteiger charge is 2.18. The summed E-state index contributed by atoms with van der Waals surface area (Å²) in [6.45, 7) is 7.10. The number of alkyl halides is 1. The molecule has 0 fully saturated rings. The van der Waals surface area contributed by atoms with Gasteiger partial charge in [0.2, 0.25) is 0 Å². The molecule has 0 amide bonds. The van der Waals surface area contributed by atoms with E-state index < -0.39 is 0 Å². The van der Waals surface area contributed by atoms with Crippen LogP contribution in [0.4, 0.5) is 0 Å². The average molecular weight is 340 g/mol. The van der Waals surface area contributed by atoms with Crippen LogP contribution in [0.5, 0.6) is 0 Å². The van der Waals surface area contributed by atoms with E-state index in [1.54, 1.807) is 0 Å². The van der Waals surface area contributed by atoms with Crippen molar-refractivity contribution in [3.05, 3.63) is 0 Å². The van der Waals surface area contributed by atoms with Crippen LogP contribution in [-0.4, -0.2) is 30.6 Å². The van der Waals surface area contributed by atoms with E-state index in [-0.39, 0.29) is 12.4 Å². The Morgan fingerprint density at radius 2 is 0.952 bits per heavy atom. The van der Waals surface area contributed by atoms with Crippen LogP contribution in [0.3, 0.4) is 0 Å². The van der Waals surface area contributed by atoms with Gasteiger partial charge in [-0.2, -0.15) is 0 Å². The van der Waals surface area contributed by atoms with Crippen LogP contribution < -0.4 is 12.4 Å². The molecule has 0 saturated heterocycles. The lowest BCUT2D eigenvalue weighted by molar-refractivity contribution is -0.899. The molecule has 0 aromatic carbocycles. The van der Waals surface area contributed by atoms with Gasteiger partial charge < -0.3 is 16.9 Å². The minimum Gasteiger partial charge on any atom is -1.00 e. The number of rotatable bonds is 15. The van der Waals surface area contributed by atoms with Crippen molar-refractivity contribution in [1.29, 1.82) is 0 Å². The molecule has 0 aliphatic rings. The molecule has 0 unspecified atom stereocenters. The molecule has 0 rings (SSSR count). The number of hydrogen-bond acceptors (Lipinski definition) is 0. The van der Waals surface area contributed by atoms with E-state index in [1.165, 1.54) is 90.1 Å². The lowest BCUT2D eigenvalue weighted by Crippen LogP contribution is -3.00. The number of hydrogen-bond donors (Lipinski definition) is 0. The first-order valence-corrected chi connectivity index (χ1v) is 9.61. The maximum absolute atomic E-state index is 6.21. The molecule has 0 aromatic rings. The van der Waals surface area contributed by atoms with Gasteiger partial charge in [0.15, 0.2) is 6.00 Å². The van der Waals surface area contributed by atoms with Crippen molar-refractivity contribution >= 4 is 11.6 Å². The molecule has 0 saturated carbocycles. The van der Waals surface area contributed by atoms with Crippen molar-refractivity contribution < 1.29 is 16.9 Å². The van der Waals surface area contributed by atoms with Crippen LogP contribution in [0.25, 0.3) is 0 Å². The molecule has 0 radical (unpaired) electrons. The summed E-state index contributed by atoms with van der Waals surface area (Å²) >= 11 is 6.21. The molecule has 0 N–H and O–H groups in total. The van der Waals surface area contributed by atoms with E-state index in [0.29, 0.717) is 0 Å². The quantitative estimate of drug-likeness (QED) is 0.186. The second-order valence-corrected chi connectivity index (χ2v) is 6.96. The topological polar surface area (TPSA) is 0 Å². The fraction of sp³-hybridized carbons (Fsp3) is 1.00. The van der Waals surface area contributed by atoms with Gasteiger partial charge in [-0.1, -0.05) is 76.8 Å². The van der Waals surface area contributed by atoms with E-state index in [4.69, 9.17) is 11.6 Å². The highest BCUT2D eigenvalue weighted by atomic mass is 35.5. The van der Waals surface area contributed by atoms with Gasteiger partial charge in [-0.25, -0.2) is 0 Å². The van der Waals surface area contributed by atoms with Gasteiger partial charge in [-0.05, 0) is 25.7 Å². The van der Waals surface area contributed by atoms with Gasteiger partial charge >= 0.3 is 0 Å². The van der Waals surface area contributed by atoms with E-state index in [0.717, 1.165) is 10.5 Å². The Hall–Kier alpha value is 0.540. The zero-order valence-corrected chi connectivity index (χ0v) is 16.3. The molecule has 0 aliphatic carbocycles. The Labute approximate surface area is 145 Å².